The minimum absolute atomic E-state index is 0.0625. The van der Waals surface area contributed by atoms with Crippen molar-refractivity contribution in [3.05, 3.63) is 65.2 Å². The molecule has 0 aliphatic rings. The molecule has 0 aliphatic carbocycles. The Kier molecular flexibility index (Phi) is 5.63. The van der Waals surface area contributed by atoms with Gasteiger partial charge >= 0.3 is 0 Å². The molecule has 0 bridgehead atoms. The van der Waals surface area contributed by atoms with Gasteiger partial charge in [0.05, 0.1) is 18.4 Å². The molecule has 0 saturated heterocycles. The van der Waals surface area contributed by atoms with Crippen LogP contribution in [0.1, 0.15) is 5.56 Å². The lowest BCUT2D eigenvalue weighted by Crippen LogP contribution is -2.23. The SMILES string of the molecule is Cc1cc(O)c(-c2cc(-c3cc4ccccc4o3)cc(NCC(O)CO)n2)cc1Cl. The predicted molar refractivity (Wildman–Crippen MR) is 118 cm³/mol. The van der Waals surface area contributed by atoms with E-state index in [2.05, 4.69) is 10.3 Å². The van der Waals surface area contributed by atoms with Crippen LogP contribution in [0, 0.1) is 6.92 Å². The Morgan fingerprint density at radius 3 is 2.70 bits per heavy atom. The Labute approximate surface area is 178 Å². The van der Waals surface area contributed by atoms with Crippen LogP contribution in [0.25, 0.3) is 33.6 Å². The van der Waals surface area contributed by atoms with Gasteiger partial charge in [0.25, 0.3) is 0 Å². The number of para-hydroxylation sites is 1. The number of hydrogen-bond donors (Lipinski definition) is 4. The molecule has 6 nitrogen and oxygen atoms in total. The van der Waals surface area contributed by atoms with Crippen LogP contribution in [0.2, 0.25) is 5.02 Å². The molecule has 2 aromatic carbocycles. The number of hydrogen-bond acceptors (Lipinski definition) is 6. The van der Waals surface area contributed by atoms with Crippen molar-refractivity contribution in [1.82, 2.24) is 4.98 Å². The molecule has 4 N–H and O–H groups in total. The molecule has 0 radical (unpaired) electrons. The number of fused-ring (bicyclic) bond motifs is 1. The smallest absolute Gasteiger partial charge is 0.135 e. The van der Waals surface area contributed by atoms with E-state index < -0.39 is 6.10 Å². The summed E-state index contributed by atoms with van der Waals surface area (Å²) in [7, 11) is 0. The average molecular weight is 425 g/mol. The van der Waals surface area contributed by atoms with Crippen LogP contribution in [0.4, 0.5) is 5.82 Å². The Morgan fingerprint density at radius 1 is 1.13 bits per heavy atom. The van der Waals surface area contributed by atoms with E-state index in [4.69, 9.17) is 21.1 Å². The van der Waals surface area contributed by atoms with Crippen molar-refractivity contribution in [3.8, 4) is 28.3 Å². The quantitative estimate of drug-likeness (QED) is 0.361. The van der Waals surface area contributed by atoms with Crippen molar-refractivity contribution < 1.29 is 19.7 Å². The van der Waals surface area contributed by atoms with Gasteiger partial charge in [-0.2, -0.15) is 0 Å². The predicted octanol–water partition coefficient (Wildman–Crippen LogP) is 4.59. The van der Waals surface area contributed by atoms with E-state index in [0.717, 1.165) is 22.1 Å². The van der Waals surface area contributed by atoms with Crippen molar-refractivity contribution in [2.45, 2.75) is 13.0 Å². The summed E-state index contributed by atoms with van der Waals surface area (Å²) in [6.45, 7) is 1.57. The molecular weight excluding hydrogens is 404 g/mol. The van der Waals surface area contributed by atoms with Crippen LogP contribution in [0.15, 0.2) is 59.0 Å². The van der Waals surface area contributed by atoms with Crippen LogP contribution in [0.3, 0.4) is 0 Å². The monoisotopic (exact) mass is 424 g/mol. The zero-order chi connectivity index (χ0) is 21.3. The van der Waals surface area contributed by atoms with Gasteiger partial charge in [0.15, 0.2) is 0 Å². The van der Waals surface area contributed by atoms with Crippen molar-refractivity contribution in [1.29, 1.82) is 0 Å². The Bertz CT molecular complexity index is 1170. The second kappa shape index (κ2) is 8.36. The molecule has 1 unspecified atom stereocenters. The topological polar surface area (TPSA) is 98.8 Å². The summed E-state index contributed by atoms with van der Waals surface area (Å²) in [5.41, 5.74) is 3.24. The van der Waals surface area contributed by atoms with Crippen LogP contribution < -0.4 is 5.32 Å². The Hall–Kier alpha value is -3.06. The van der Waals surface area contributed by atoms with Gasteiger partial charge in [0.2, 0.25) is 0 Å². The first kappa shape index (κ1) is 20.2. The minimum atomic E-state index is -0.924. The van der Waals surface area contributed by atoms with Crippen molar-refractivity contribution in [3.63, 3.8) is 0 Å². The van der Waals surface area contributed by atoms with Crippen LogP contribution in [0.5, 0.6) is 5.75 Å². The third-order valence-electron chi connectivity index (χ3n) is 4.82. The number of aromatic nitrogens is 1. The number of pyridine rings is 1. The number of furan rings is 1. The molecule has 7 heteroatoms. The summed E-state index contributed by atoms with van der Waals surface area (Å²) in [5, 5.41) is 33.7. The first-order chi connectivity index (χ1) is 14.4. The number of phenols is 1. The fraction of sp³-hybridized carbons (Fsp3) is 0.174. The van der Waals surface area contributed by atoms with Gasteiger partial charge in [-0.3, -0.25) is 0 Å². The fourth-order valence-electron chi connectivity index (χ4n) is 3.18. The Morgan fingerprint density at radius 2 is 1.93 bits per heavy atom. The zero-order valence-corrected chi connectivity index (χ0v) is 17.0. The summed E-state index contributed by atoms with van der Waals surface area (Å²) in [6.07, 6.45) is -0.924. The average Bonchev–Trinajstić information content (AvgIpc) is 3.18. The number of aliphatic hydroxyl groups excluding tert-OH is 2. The summed E-state index contributed by atoms with van der Waals surface area (Å²) in [6, 6.07) is 16.5. The molecule has 2 heterocycles. The number of phenolic OH excluding ortho intramolecular Hbond substituents is 1. The van der Waals surface area contributed by atoms with E-state index in [1.165, 1.54) is 0 Å². The highest BCUT2D eigenvalue weighted by molar-refractivity contribution is 6.31. The van der Waals surface area contributed by atoms with E-state index in [9.17, 15) is 10.2 Å². The number of aromatic hydroxyl groups is 1. The number of benzene rings is 2. The van der Waals surface area contributed by atoms with Crippen molar-refractivity contribution in [2.24, 2.45) is 0 Å². The highest BCUT2D eigenvalue weighted by Crippen LogP contribution is 2.37. The summed E-state index contributed by atoms with van der Waals surface area (Å²) in [4.78, 5) is 4.56. The van der Waals surface area contributed by atoms with Crippen LogP contribution >= 0.6 is 11.6 Å². The summed E-state index contributed by atoms with van der Waals surface area (Å²) in [5.74, 6) is 1.17. The molecule has 4 rings (SSSR count). The first-order valence-corrected chi connectivity index (χ1v) is 9.85. The lowest BCUT2D eigenvalue weighted by atomic mass is 10.0. The van der Waals surface area contributed by atoms with Gasteiger partial charge in [-0.25, -0.2) is 4.98 Å². The van der Waals surface area contributed by atoms with Crippen molar-refractivity contribution in [2.75, 3.05) is 18.5 Å². The number of nitrogens with zero attached hydrogens (tertiary/aromatic N) is 1. The summed E-state index contributed by atoms with van der Waals surface area (Å²) >= 11 is 6.27. The maximum absolute atomic E-state index is 10.5. The number of anilines is 1. The van der Waals surface area contributed by atoms with Crippen LogP contribution in [-0.4, -0.2) is 39.6 Å². The molecule has 0 aliphatic heterocycles. The number of rotatable bonds is 6. The van der Waals surface area contributed by atoms with Gasteiger partial charge in [0.1, 0.15) is 22.9 Å². The molecule has 0 fully saturated rings. The van der Waals surface area contributed by atoms with Gasteiger partial charge in [0, 0.05) is 28.1 Å². The van der Waals surface area contributed by atoms with E-state index in [-0.39, 0.29) is 18.9 Å². The standard InChI is InChI=1S/C23H21ClN2O4/c1-13-6-20(29)17(10-18(13)24)19-7-15(9-23(26-19)25-11-16(28)12-27)22-8-14-4-2-3-5-21(14)30-22/h2-10,16,27-29H,11-12H2,1H3,(H,25,26). The number of halogens is 1. The van der Waals surface area contributed by atoms with E-state index in [1.807, 2.05) is 43.3 Å². The lowest BCUT2D eigenvalue weighted by molar-refractivity contribution is 0.105. The molecule has 1 atom stereocenters. The molecule has 0 saturated carbocycles. The number of aryl methyl sites for hydroxylation is 1. The van der Waals surface area contributed by atoms with E-state index >= 15 is 0 Å². The third kappa shape index (κ3) is 4.11. The third-order valence-corrected chi connectivity index (χ3v) is 5.23. The first-order valence-electron chi connectivity index (χ1n) is 9.48. The summed E-state index contributed by atoms with van der Waals surface area (Å²) < 4.78 is 5.99. The molecule has 0 amide bonds. The van der Waals surface area contributed by atoms with Crippen molar-refractivity contribution >= 4 is 28.4 Å². The normalized spacial score (nSPS) is 12.3. The number of aliphatic hydroxyl groups is 2. The second-order valence-electron chi connectivity index (χ2n) is 7.11. The lowest BCUT2D eigenvalue weighted by Gasteiger charge is -2.13. The molecule has 154 valence electrons. The van der Waals surface area contributed by atoms with Gasteiger partial charge in [-0.1, -0.05) is 29.8 Å². The molecular formula is C23H21ClN2O4. The fourth-order valence-corrected chi connectivity index (χ4v) is 3.35. The maximum Gasteiger partial charge on any atom is 0.135 e. The second-order valence-corrected chi connectivity index (χ2v) is 7.52. The Balaban J connectivity index is 1.83. The van der Waals surface area contributed by atoms with Crippen LogP contribution in [-0.2, 0) is 0 Å². The molecule has 4 aromatic rings. The number of nitrogens with one attached hydrogen (secondary N) is 1. The van der Waals surface area contributed by atoms with Gasteiger partial charge in [-0.15, -0.1) is 0 Å². The van der Waals surface area contributed by atoms with Gasteiger partial charge in [-0.05, 0) is 48.9 Å². The minimum Gasteiger partial charge on any atom is -0.507 e. The highest BCUT2D eigenvalue weighted by Gasteiger charge is 2.15. The molecule has 30 heavy (non-hydrogen) atoms. The van der Waals surface area contributed by atoms with E-state index in [0.29, 0.717) is 27.9 Å². The highest BCUT2D eigenvalue weighted by atomic mass is 35.5. The zero-order valence-electron chi connectivity index (χ0n) is 16.3. The largest absolute Gasteiger partial charge is 0.507 e. The maximum atomic E-state index is 10.5. The molecule has 0 spiro atoms. The van der Waals surface area contributed by atoms with Gasteiger partial charge < -0.3 is 25.1 Å². The van der Waals surface area contributed by atoms with E-state index in [1.54, 1.807) is 18.2 Å². The molecule has 2 aromatic heterocycles.